The van der Waals surface area contributed by atoms with Gasteiger partial charge in [-0.3, -0.25) is 4.98 Å². The van der Waals surface area contributed by atoms with Crippen molar-refractivity contribution in [3.05, 3.63) is 59.9 Å². The summed E-state index contributed by atoms with van der Waals surface area (Å²) in [6, 6.07) is 12.5. The first kappa shape index (κ1) is 18.4. The third kappa shape index (κ3) is 5.01. The van der Waals surface area contributed by atoms with Gasteiger partial charge in [-0.15, -0.1) is 0 Å². The van der Waals surface area contributed by atoms with Crippen LogP contribution in [0.15, 0.2) is 48.8 Å². The maximum atomic E-state index is 5.73. The van der Waals surface area contributed by atoms with Crippen molar-refractivity contribution >= 4 is 23.0 Å². The Morgan fingerprint density at radius 2 is 1.79 bits per heavy atom. The average molecular weight is 343 g/mol. The first-order valence-electron chi connectivity index (χ1n) is 8.17. The monoisotopic (exact) mass is 342 g/mol. The molecular weight excluding hydrogens is 316 g/mol. The third-order valence-corrected chi connectivity index (χ3v) is 4.43. The van der Waals surface area contributed by atoms with Gasteiger partial charge >= 0.3 is 0 Å². The lowest BCUT2D eigenvalue weighted by Crippen LogP contribution is -2.41. The number of para-hydroxylation sites is 1. The molecule has 1 atom stereocenters. The minimum absolute atomic E-state index is 0.178. The minimum Gasteiger partial charge on any atom is -0.341 e. The summed E-state index contributed by atoms with van der Waals surface area (Å²) in [6.45, 7) is 6.05. The molecule has 4 nitrogen and oxygen atoms in total. The zero-order valence-corrected chi connectivity index (χ0v) is 15.7. The van der Waals surface area contributed by atoms with Crippen LogP contribution in [0.4, 0.5) is 5.69 Å². The smallest absolute Gasteiger partial charge is 0.173 e. The van der Waals surface area contributed by atoms with Crippen molar-refractivity contribution in [2.45, 2.75) is 19.9 Å². The van der Waals surface area contributed by atoms with Crippen molar-refractivity contribution in [1.29, 1.82) is 0 Å². The summed E-state index contributed by atoms with van der Waals surface area (Å²) in [7, 11) is 4.15. The van der Waals surface area contributed by atoms with Gasteiger partial charge in [-0.1, -0.05) is 18.2 Å². The second-order valence-corrected chi connectivity index (χ2v) is 6.58. The highest BCUT2D eigenvalue weighted by atomic mass is 32.1. The Bertz CT molecular complexity index is 657. The van der Waals surface area contributed by atoms with Crippen LogP contribution >= 0.6 is 12.2 Å². The van der Waals surface area contributed by atoms with Crippen LogP contribution in [0.2, 0.25) is 0 Å². The fourth-order valence-electron chi connectivity index (χ4n) is 2.50. The molecule has 2 aromatic rings. The van der Waals surface area contributed by atoms with Gasteiger partial charge in [0.05, 0.1) is 6.04 Å². The van der Waals surface area contributed by atoms with Crippen molar-refractivity contribution in [3.8, 4) is 0 Å². The van der Waals surface area contributed by atoms with Gasteiger partial charge in [-0.25, -0.2) is 0 Å². The van der Waals surface area contributed by atoms with Crippen LogP contribution in [0, 0.1) is 6.92 Å². The second kappa shape index (κ2) is 8.76. The third-order valence-electron chi connectivity index (χ3n) is 4.09. The average Bonchev–Trinajstić information content (AvgIpc) is 2.57. The molecule has 24 heavy (non-hydrogen) atoms. The fourth-order valence-corrected chi connectivity index (χ4v) is 2.86. The van der Waals surface area contributed by atoms with Gasteiger partial charge < -0.3 is 15.1 Å². The van der Waals surface area contributed by atoms with Gasteiger partial charge in [0, 0.05) is 31.2 Å². The van der Waals surface area contributed by atoms with Gasteiger partial charge in [0.1, 0.15) is 0 Å². The zero-order valence-electron chi connectivity index (χ0n) is 14.9. The predicted molar refractivity (Wildman–Crippen MR) is 105 cm³/mol. The van der Waals surface area contributed by atoms with Gasteiger partial charge in [0.2, 0.25) is 0 Å². The van der Waals surface area contributed by atoms with E-state index in [1.165, 1.54) is 11.1 Å². The molecule has 1 aromatic carbocycles. The van der Waals surface area contributed by atoms with Crippen LogP contribution in [-0.2, 0) is 0 Å². The minimum atomic E-state index is 0.178. The number of rotatable bonds is 6. The number of aromatic nitrogens is 1. The van der Waals surface area contributed by atoms with E-state index in [9.17, 15) is 0 Å². The molecular formula is C19H26N4S. The zero-order chi connectivity index (χ0) is 17.5. The molecule has 0 saturated carbocycles. The number of likely N-dealkylation sites (N-methyl/N-ethyl adjacent to an activating group) is 1. The van der Waals surface area contributed by atoms with Gasteiger partial charge in [-0.05, 0) is 69.5 Å². The Balaban J connectivity index is 2.18. The lowest BCUT2D eigenvalue weighted by Gasteiger charge is -2.33. The Kier molecular flexibility index (Phi) is 6.70. The fraction of sp³-hybridized carbons (Fsp3) is 0.368. The maximum absolute atomic E-state index is 5.73. The molecule has 0 bridgehead atoms. The summed E-state index contributed by atoms with van der Waals surface area (Å²) in [4.78, 5) is 8.51. The molecule has 0 amide bonds. The quantitative estimate of drug-likeness (QED) is 0.809. The van der Waals surface area contributed by atoms with E-state index in [0.717, 1.165) is 23.9 Å². The number of nitrogens with zero attached hydrogens (tertiary/aromatic N) is 3. The topological polar surface area (TPSA) is 31.4 Å². The second-order valence-electron chi connectivity index (χ2n) is 6.20. The molecule has 1 aromatic heterocycles. The van der Waals surface area contributed by atoms with Crippen LogP contribution in [0.3, 0.4) is 0 Å². The van der Waals surface area contributed by atoms with Crippen LogP contribution in [-0.4, -0.2) is 47.1 Å². The van der Waals surface area contributed by atoms with Crippen molar-refractivity contribution in [3.63, 3.8) is 0 Å². The maximum Gasteiger partial charge on any atom is 0.173 e. The van der Waals surface area contributed by atoms with Crippen LogP contribution in [0.25, 0.3) is 0 Å². The standard InChI is InChI=1S/C19H26N4S/c1-15-7-5-6-8-18(15)21-19(24)23(14-13-22(3)4)16(2)17-9-11-20-12-10-17/h5-12,16H,13-14H2,1-4H3,(H,21,24)/t16-/m0/s1. The van der Waals surface area contributed by atoms with Crippen molar-refractivity contribution in [2.75, 3.05) is 32.5 Å². The number of pyridine rings is 1. The summed E-state index contributed by atoms with van der Waals surface area (Å²) >= 11 is 5.73. The lowest BCUT2D eigenvalue weighted by atomic mass is 10.1. The number of benzene rings is 1. The first-order chi connectivity index (χ1) is 11.5. The van der Waals surface area contributed by atoms with E-state index in [4.69, 9.17) is 12.2 Å². The number of aryl methyl sites for hydroxylation is 1. The highest BCUT2D eigenvalue weighted by Crippen LogP contribution is 2.22. The number of hydrogen-bond donors (Lipinski definition) is 1. The van der Waals surface area contributed by atoms with Crippen molar-refractivity contribution in [2.24, 2.45) is 0 Å². The molecule has 1 heterocycles. The van der Waals surface area contributed by atoms with Crippen LogP contribution in [0.1, 0.15) is 24.1 Å². The highest BCUT2D eigenvalue weighted by Gasteiger charge is 2.19. The molecule has 0 spiro atoms. The molecule has 0 unspecified atom stereocenters. The lowest BCUT2D eigenvalue weighted by molar-refractivity contribution is 0.289. The molecule has 2 rings (SSSR count). The Morgan fingerprint density at radius 3 is 2.42 bits per heavy atom. The van der Waals surface area contributed by atoms with E-state index in [2.05, 4.69) is 60.2 Å². The first-order valence-corrected chi connectivity index (χ1v) is 8.57. The molecule has 1 N–H and O–H groups in total. The van der Waals surface area contributed by atoms with Crippen molar-refractivity contribution < 1.29 is 0 Å². The van der Waals surface area contributed by atoms with E-state index in [0.29, 0.717) is 0 Å². The van der Waals surface area contributed by atoms with Crippen LogP contribution < -0.4 is 5.32 Å². The highest BCUT2D eigenvalue weighted by molar-refractivity contribution is 7.80. The number of nitrogens with one attached hydrogen (secondary N) is 1. The number of anilines is 1. The largest absolute Gasteiger partial charge is 0.341 e. The predicted octanol–water partition coefficient (Wildman–Crippen LogP) is 3.71. The summed E-state index contributed by atoms with van der Waals surface area (Å²) < 4.78 is 0. The SMILES string of the molecule is Cc1ccccc1NC(=S)N(CCN(C)C)[C@@H](C)c1ccncc1. The van der Waals surface area contributed by atoms with E-state index in [1.54, 1.807) is 0 Å². The summed E-state index contributed by atoms with van der Waals surface area (Å²) in [5, 5.41) is 4.15. The summed E-state index contributed by atoms with van der Waals surface area (Å²) in [5.41, 5.74) is 3.45. The molecule has 0 aliphatic rings. The Labute approximate surface area is 150 Å². The van der Waals surface area contributed by atoms with E-state index in [-0.39, 0.29) is 6.04 Å². The Morgan fingerprint density at radius 1 is 1.12 bits per heavy atom. The van der Waals surface area contributed by atoms with E-state index >= 15 is 0 Å². The number of hydrogen-bond acceptors (Lipinski definition) is 3. The molecule has 0 radical (unpaired) electrons. The molecule has 5 heteroatoms. The molecule has 0 fully saturated rings. The summed E-state index contributed by atoms with van der Waals surface area (Å²) in [5.74, 6) is 0. The van der Waals surface area contributed by atoms with E-state index in [1.807, 2.05) is 36.7 Å². The Hall–Kier alpha value is -1.98. The van der Waals surface area contributed by atoms with Crippen LogP contribution in [0.5, 0.6) is 0 Å². The van der Waals surface area contributed by atoms with E-state index < -0.39 is 0 Å². The molecule has 0 aliphatic heterocycles. The van der Waals surface area contributed by atoms with Crippen molar-refractivity contribution in [1.82, 2.24) is 14.8 Å². The normalized spacial score (nSPS) is 12.0. The van der Waals surface area contributed by atoms with Gasteiger partial charge in [0.15, 0.2) is 5.11 Å². The molecule has 0 saturated heterocycles. The number of thiocarbonyl (C=S) groups is 1. The summed E-state index contributed by atoms with van der Waals surface area (Å²) in [6.07, 6.45) is 3.65. The van der Waals surface area contributed by atoms with Gasteiger partial charge in [0.25, 0.3) is 0 Å². The molecule has 0 aliphatic carbocycles. The van der Waals surface area contributed by atoms with Gasteiger partial charge in [-0.2, -0.15) is 0 Å². The molecule has 128 valence electrons.